The summed E-state index contributed by atoms with van der Waals surface area (Å²) in [5.41, 5.74) is 5.36. The fourth-order valence-corrected chi connectivity index (χ4v) is 9.56. The molecule has 2 aliphatic heterocycles. The zero-order chi connectivity index (χ0) is 23.6. The smallest absolute Gasteiger partial charge is 0.148 e. The highest BCUT2D eigenvalue weighted by Gasteiger charge is 2.43. The average Bonchev–Trinajstić information content (AvgIpc) is 2.89. The molecule has 0 saturated heterocycles. The second kappa shape index (κ2) is 7.64. The van der Waals surface area contributed by atoms with Crippen molar-refractivity contribution in [2.75, 3.05) is 0 Å². The van der Waals surface area contributed by atoms with Crippen molar-refractivity contribution in [2.24, 2.45) is 0 Å². The van der Waals surface area contributed by atoms with E-state index in [0.717, 1.165) is 66.9 Å². The molecule has 5 heteroatoms. The van der Waals surface area contributed by atoms with Gasteiger partial charge < -0.3 is 9.47 Å². The van der Waals surface area contributed by atoms with Crippen LogP contribution in [0, 0.1) is 6.92 Å². The second-order valence-electron chi connectivity index (χ2n) is 8.80. The number of hydrogen-bond acceptors (Lipinski definition) is 4. The molecule has 0 bridgehead atoms. The van der Waals surface area contributed by atoms with Crippen LogP contribution in [-0.4, -0.2) is 4.98 Å². The normalized spacial score (nSPS) is 16.8. The number of nitrogens with zero attached hydrogens (tertiary/aromatic N) is 1. The van der Waals surface area contributed by atoms with Crippen molar-refractivity contribution in [1.29, 1.82) is 0 Å². The molecule has 3 nitrogen and oxygen atoms in total. The van der Waals surface area contributed by atoms with Gasteiger partial charge in [0, 0.05) is 28.1 Å². The van der Waals surface area contributed by atoms with Crippen molar-refractivity contribution in [3.63, 3.8) is 0 Å². The second-order valence-corrected chi connectivity index (χ2v) is 13.1. The minimum Gasteiger partial charge on any atom is -0.456 e. The summed E-state index contributed by atoms with van der Waals surface area (Å²) in [7, 11) is 0. The van der Waals surface area contributed by atoms with Crippen molar-refractivity contribution >= 4 is 33.8 Å². The maximum absolute atomic E-state index is 6.63. The first-order chi connectivity index (χ1) is 17.1. The van der Waals surface area contributed by atoms with Crippen LogP contribution in [0.15, 0.2) is 103 Å². The lowest BCUT2D eigenvalue weighted by atomic mass is 9.98. The molecule has 1 unspecified atom stereocenters. The highest BCUT2D eigenvalue weighted by atomic mass is 32.4. The Morgan fingerprint density at radius 1 is 0.657 bits per heavy atom. The number of fused-ring (bicyclic) bond motifs is 4. The van der Waals surface area contributed by atoms with Crippen LogP contribution in [0.4, 0.5) is 0 Å². The molecule has 5 aromatic rings. The molecule has 0 N–H and O–H groups in total. The fourth-order valence-electron chi connectivity index (χ4n) is 5.06. The number of rotatable bonds is 2. The molecule has 0 amide bonds. The molecule has 2 aliphatic rings. The van der Waals surface area contributed by atoms with E-state index in [1.54, 1.807) is 0 Å². The molecule has 7 rings (SSSR count). The van der Waals surface area contributed by atoms with Crippen LogP contribution in [0.25, 0.3) is 22.3 Å². The lowest BCUT2D eigenvalue weighted by Gasteiger charge is -2.38. The molecule has 3 heterocycles. The fraction of sp³-hybridized carbons (Fsp3) is 0.0333. The first kappa shape index (κ1) is 20.6. The van der Waals surface area contributed by atoms with E-state index in [2.05, 4.69) is 53.5 Å². The van der Waals surface area contributed by atoms with Crippen LogP contribution in [0.3, 0.4) is 0 Å². The lowest BCUT2D eigenvalue weighted by Crippen LogP contribution is -2.35. The van der Waals surface area contributed by atoms with Gasteiger partial charge in [-0.3, -0.25) is 4.98 Å². The molecular weight excluding hydrogens is 469 g/mol. The minimum atomic E-state index is -2.36. The third-order valence-corrected chi connectivity index (χ3v) is 11.5. The summed E-state index contributed by atoms with van der Waals surface area (Å²) in [6.07, 6.45) is 1.85. The molecule has 0 fully saturated rings. The van der Waals surface area contributed by atoms with E-state index in [9.17, 15) is 0 Å². The molecule has 0 radical (unpaired) electrons. The summed E-state index contributed by atoms with van der Waals surface area (Å²) in [6.45, 7) is 2.01. The van der Waals surface area contributed by atoms with Crippen LogP contribution < -0.4 is 25.4 Å². The van der Waals surface area contributed by atoms with E-state index in [-0.39, 0.29) is 0 Å². The summed E-state index contributed by atoms with van der Waals surface area (Å²) < 4.78 is 13.0. The molecule has 1 aromatic heterocycles. The molecule has 1 atom stereocenters. The molecule has 35 heavy (non-hydrogen) atoms. The van der Waals surface area contributed by atoms with Gasteiger partial charge in [-0.2, -0.15) is 0 Å². The summed E-state index contributed by atoms with van der Waals surface area (Å²) in [4.78, 5) is 4.34. The zero-order valence-electron chi connectivity index (χ0n) is 18.9. The van der Waals surface area contributed by atoms with E-state index in [1.807, 2.05) is 61.7 Å². The Hall–Kier alpha value is -3.72. The highest BCUT2D eigenvalue weighted by Crippen LogP contribution is 2.60. The summed E-state index contributed by atoms with van der Waals surface area (Å²) in [5, 5.41) is 3.17. The number of aromatic nitrogens is 1. The predicted octanol–water partition coefficient (Wildman–Crippen LogP) is 6.69. The van der Waals surface area contributed by atoms with E-state index in [1.165, 1.54) is 0 Å². The van der Waals surface area contributed by atoms with Gasteiger partial charge in [0.25, 0.3) is 0 Å². The van der Waals surface area contributed by atoms with Gasteiger partial charge in [-0.05, 0) is 78.2 Å². The Labute approximate surface area is 209 Å². The van der Waals surface area contributed by atoms with Crippen LogP contribution in [0.2, 0.25) is 0 Å². The van der Waals surface area contributed by atoms with Crippen LogP contribution in [0.1, 0.15) is 5.69 Å². The van der Waals surface area contributed by atoms with Gasteiger partial charge in [-0.15, -0.1) is 0 Å². The molecule has 168 valence electrons. The summed E-state index contributed by atoms with van der Waals surface area (Å²) >= 11 is 6.63. The van der Waals surface area contributed by atoms with Gasteiger partial charge >= 0.3 is 0 Å². The molecular formula is C30H20NO2PS. The number of para-hydroxylation sites is 2. The van der Waals surface area contributed by atoms with Crippen molar-refractivity contribution in [3.8, 4) is 45.3 Å². The third kappa shape index (κ3) is 3.04. The number of pyridine rings is 1. The molecule has 0 aliphatic carbocycles. The Morgan fingerprint density at radius 3 is 2.11 bits per heavy atom. The zero-order valence-corrected chi connectivity index (χ0v) is 20.6. The Kier molecular flexibility index (Phi) is 4.51. The van der Waals surface area contributed by atoms with Gasteiger partial charge in [-0.25, -0.2) is 0 Å². The average molecular weight is 490 g/mol. The first-order valence-electron chi connectivity index (χ1n) is 11.5. The van der Waals surface area contributed by atoms with Gasteiger partial charge in [-0.1, -0.05) is 54.3 Å². The largest absolute Gasteiger partial charge is 0.456 e. The lowest BCUT2D eigenvalue weighted by molar-refractivity contribution is 0.467. The predicted molar refractivity (Wildman–Crippen MR) is 146 cm³/mol. The van der Waals surface area contributed by atoms with Crippen molar-refractivity contribution in [2.45, 2.75) is 6.92 Å². The van der Waals surface area contributed by atoms with E-state index in [4.69, 9.17) is 21.3 Å². The topological polar surface area (TPSA) is 31.4 Å². The SMILES string of the molecule is Cc1cc(-c2cccc(-c3ccc4c5c3Oc3ccccc3P5(=S)c3ccccc3O4)c2)ccn1. The summed E-state index contributed by atoms with van der Waals surface area (Å²) in [6, 6.07) is 30.8. The van der Waals surface area contributed by atoms with E-state index in [0.29, 0.717) is 0 Å². The van der Waals surface area contributed by atoms with Crippen molar-refractivity contribution < 1.29 is 9.47 Å². The first-order valence-corrected chi connectivity index (χ1v) is 14.3. The monoisotopic (exact) mass is 489 g/mol. The van der Waals surface area contributed by atoms with Gasteiger partial charge in [0.15, 0.2) is 0 Å². The Morgan fingerprint density at radius 2 is 1.34 bits per heavy atom. The molecule has 0 spiro atoms. The number of aryl methyl sites for hydroxylation is 1. The number of ether oxygens (including phenoxy) is 2. The van der Waals surface area contributed by atoms with Gasteiger partial charge in [0.2, 0.25) is 0 Å². The van der Waals surface area contributed by atoms with Gasteiger partial charge in [0.1, 0.15) is 23.0 Å². The standard InChI is InChI=1S/C30H20NO2PS/c1-19-17-21(15-16-31-19)20-7-6-8-22(18-20)23-13-14-26-30-29(23)33-25-10-3-5-12-28(25)34(30,35)27-11-4-2-9-24(27)32-26/h2-18H,1H3. The van der Waals surface area contributed by atoms with Crippen LogP contribution >= 0.6 is 6.04 Å². The highest BCUT2D eigenvalue weighted by molar-refractivity contribution is 8.26. The van der Waals surface area contributed by atoms with Crippen molar-refractivity contribution in [3.05, 3.63) is 109 Å². The van der Waals surface area contributed by atoms with Gasteiger partial charge in [0.05, 0.1) is 11.3 Å². The third-order valence-electron chi connectivity index (χ3n) is 6.65. The number of benzene rings is 4. The maximum Gasteiger partial charge on any atom is 0.148 e. The van der Waals surface area contributed by atoms with Crippen molar-refractivity contribution in [1.82, 2.24) is 4.98 Å². The maximum atomic E-state index is 6.63. The molecule has 4 aromatic carbocycles. The minimum absolute atomic E-state index is 0.793. The van der Waals surface area contributed by atoms with E-state index < -0.39 is 6.04 Å². The van der Waals surface area contributed by atoms with Crippen LogP contribution in [0.5, 0.6) is 23.0 Å². The van der Waals surface area contributed by atoms with Crippen LogP contribution in [-0.2, 0) is 11.8 Å². The quantitative estimate of drug-likeness (QED) is 0.253. The summed E-state index contributed by atoms with van der Waals surface area (Å²) in [5.74, 6) is 3.27. The number of hydrogen-bond donors (Lipinski definition) is 0. The Bertz CT molecular complexity index is 1700. The van der Waals surface area contributed by atoms with E-state index >= 15 is 0 Å². The Balaban J connectivity index is 1.49. The molecule has 0 saturated carbocycles.